The minimum atomic E-state index is -0.0791. The van der Waals surface area contributed by atoms with Crippen LogP contribution in [0.15, 0.2) is 42.5 Å². The van der Waals surface area contributed by atoms with Gasteiger partial charge in [0.05, 0.1) is 5.56 Å². The van der Waals surface area contributed by atoms with Gasteiger partial charge in [0.15, 0.2) is 0 Å². The van der Waals surface area contributed by atoms with Crippen molar-refractivity contribution in [3.8, 4) is 0 Å². The molecule has 0 heterocycles. The molecule has 3 nitrogen and oxygen atoms in total. The van der Waals surface area contributed by atoms with Crippen LogP contribution in [0.25, 0.3) is 0 Å². The Morgan fingerprint density at radius 2 is 1.86 bits per heavy atom. The van der Waals surface area contributed by atoms with E-state index in [0.717, 1.165) is 23.4 Å². The average Bonchev–Trinajstić information content (AvgIpc) is 2.48. The molecule has 0 bridgehead atoms. The van der Waals surface area contributed by atoms with Gasteiger partial charge >= 0.3 is 0 Å². The second-order valence-electron chi connectivity index (χ2n) is 4.89. The van der Waals surface area contributed by atoms with Gasteiger partial charge in [0, 0.05) is 23.8 Å². The van der Waals surface area contributed by atoms with Crippen LogP contribution in [0.3, 0.4) is 0 Å². The third-order valence-electron chi connectivity index (χ3n) is 3.15. The molecule has 0 radical (unpaired) electrons. The molecule has 2 N–H and O–H groups in total. The number of nitrogens with one attached hydrogen (secondary N) is 2. The van der Waals surface area contributed by atoms with Crippen molar-refractivity contribution < 1.29 is 4.79 Å². The molecule has 0 aliphatic rings. The van der Waals surface area contributed by atoms with E-state index in [2.05, 4.69) is 10.6 Å². The van der Waals surface area contributed by atoms with Gasteiger partial charge in [-0.05, 0) is 43.7 Å². The summed E-state index contributed by atoms with van der Waals surface area (Å²) in [6.45, 7) is 5.25. The Morgan fingerprint density at radius 1 is 1.14 bits per heavy atom. The molecule has 2 aromatic rings. The van der Waals surface area contributed by atoms with Gasteiger partial charge in [0.1, 0.15) is 0 Å². The fraction of sp³-hybridized carbons (Fsp3) is 0.235. The Hall–Kier alpha value is -2.00. The molecule has 110 valence electrons. The van der Waals surface area contributed by atoms with Gasteiger partial charge < -0.3 is 10.6 Å². The van der Waals surface area contributed by atoms with Crippen molar-refractivity contribution >= 4 is 23.2 Å². The van der Waals surface area contributed by atoms with Gasteiger partial charge in [0.2, 0.25) is 0 Å². The van der Waals surface area contributed by atoms with E-state index in [-0.39, 0.29) is 5.91 Å². The third-order valence-corrected chi connectivity index (χ3v) is 3.41. The summed E-state index contributed by atoms with van der Waals surface area (Å²) in [6.07, 6.45) is 0. The summed E-state index contributed by atoms with van der Waals surface area (Å²) in [6, 6.07) is 13.3. The van der Waals surface area contributed by atoms with Crippen LogP contribution in [0, 0.1) is 6.92 Å². The number of halogens is 1. The van der Waals surface area contributed by atoms with Crippen molar-refractivity contribution in [1.29, 1.82) is 0 Å². The lowest BCUT2D eigenvalue weighted by atomic mass is 10.1. The van der Waals surface area contributed by atoms with E-state index in [0.29, 0.717) is 17.1 Å². The standard InChI is InChI=1S/C17H19ClN2O/c1-3-19-16-9-4-12(2)10-15(16)17(21)20-11-13-5-7-14(18)8-6-13/h4-10,19H,3,11H2,1-2H3,(H,20,21). The number of anilines is 1. The number of carbonyl (C=O) groups excluding carboxylic acids is 1. The minimum absolute atomic E-state index is 0.0791. The summed E-state index contributed by atoms with van der Waals surface area (Å²) in [7, 11) is 0. The Kier molecular flexibility index (Phi) is 5.23. The SMILES string of the molecule is CCNc1ccc(C)cc1C(=O)NCc1ccc(Cl)cc1. The van der Waals surface area contributed by atoms with E-state index >= 15 is 0 Å². The second kappa shape index (κ2) is 7.14. The number of hydrogen-bond donors (Lipinski definition) is 2. The highest BCUT2D eigenvalue weighted by molar-refractivity contribution is 6.30. The molecule has 0 saturated carbocycles. The molecule has 0 aromatic heterocycles. The lowest BCUT2D eigenvalue weighted by molar-refractivity contribution is 0.0951. The van der Waals surface area contributed by atoms with Crippen molar-refractivity contribution in [3.63, 3.8) is 0 Å². The molecular weight excluding hydrogens is 284 g/mol. The number of rotatable bonds is 5. The first-order chi connectivity index (χ1) is 10.1. The monoisotopic (exact) mass is 302 g/mol. The zero-order chi connectivity index (χ0) is 15.2. The van der Waals surface area contributed by atoms with E-state index in [1.165, 1.54) is 0 Å². The summed E-state index contributed by atoms with van der Waals surface area (Å²) in [4.78, 5) is 12.4. The van der Waals surface area contributed by atoms with E-state index < -0.39 is 0 Å². The maximum Gasteiger partial charge on any atom is 0.253 e. The third kappa shape index (κ3) is 4.23. The summed E-state index contributed by atoms with van der Waals surface area (Å²) >= 11 is 5.85. The minimum Gasteiger partial charge on any atom is -0.385 e. The predicted molar refractivity (Wildman–Crippen MR) is 88.0 cm³/mol. The second-order valence-corrected chi connectivity index (χ2v) is 5.32. The quantitative estimate of drug-likeness (QED) is 0.876. The number of hydrogen-bond acceptors (Lipinski definition) is 2. The summed E-state index contributed by atoms with van der Waals surface area (Å²) in [5.74, 6) is -0.0791. The van der Waals surface area contributed by atoms with E-state index in [9.17, 15) is 4.79 Å². The maximum absolute atomic E-state index is 12.4. The zero-order valence-electron chi connectivity index (χ0n) is 12.2. The molecule has 21 heavy (non-hydrogen) atoms. The van der Waals surface area contributed by atoms with Crippen molar-refractivity contribution in [2.24, 2.45) is 0 Å². The van der Waals surface area contributed by atoms with Crippen LogP contribution >= 0.6 is 11.6 Å². The molecule has 0 fully saturated rings. The summed E-state index contributed by atoms with van der Waals surface area (Å²) in [5, 5.41) is 6.84. The fourth-order valence-corrected chi connectivity index (χ4v) is 2.20. The van der Waals surface area contributed by atoms with Gasteiger partial charge in [0.25, 0.3) is 5.91 Å². The first-order valence-electron chi connectivity index (χ1n) is 6.97. The number of amides is 1. The molecule has 4 heteroatoms. The van der Waals surface area contributed by atoms with Gasteiger partial charge in [-0.1, -0.05) is 35.4 Å². The highest BCUT2D eigenvalue weighted by Crippen LogP contribution is 2.17. The van der Waals surface area contributed by atoms with Gasteiger partial charge in [-0.3, -0.25) is 4.79 Å². The topological polar surface area (TPSA) is 41.1 Å². The lowest BCUT2D eigenvalue weighted by Crippen LogP contribution is -2.24. The summed E-state index contributed by atoms with van der Waals surface area (Å²) < 4.78 is 0. The molecule has 0 spiro atoms. The van der Waals surface area contributed by atoms with Crippen LogP contribution < -0.4 is 10.6 Å². The van der Waals surface area contributed by atoms with Crippen LogP contribution in [-0.4, -0.2) is 12.5 Å². The van der Waals surface area contributed by atoms with Crippen molar-refractivity contribution in [3.05, 3.63) is 64.2 Å². The highest BCUT2D eigenvalue weighted by Gasteiger charge is 2.11. The van der Waals surface area contributed by atoms with E-state index in [4.69, 9.17) is 11.6 Å². The largest absolute Gasteiger partial charge is 0.385 e. The van der Waals surface area contributed by atoms with Gasteiger partial charge in [-0.2, -0.15) is 0 Å². The van der Waals surface area contributed by atoms with Crippen molar-refractivity contribution in [2.75, 3.05) is 11.9 Å². The first-order valence-corrected chi connectivity index (χ1v) is 7.35. The van der Waals surface area contributed by atoms with Crippen LogP contribution in [0.4, 0.5) is 5.69 Å². The molecule has 0 unspecified atom stereocenters. The Labute approximate surface area is 130 Å². The maximum atomic E-state index is 12.4. The van der Waals surface area contributed by atoms with Gasteiger partial charge in [-0.15, -0.1) is 0 Å². The van der Waals surface area contributed by atoms with Crippen LogP contribution in [-0.2, 0) is 6.54 Å². The Balaban J connectivity index is 2.09. The van der Waals surface area contributed by atoms with E-state index in [1.807, 2.05) is 56.3 Å². The van der Waals surface area contributed by atoms with Gasteiger partial charge in [-0.25, -0.2) is 0 Å². The Bertz CT molecular complexity index is 623. The van der Waals surface area contributed by atoms with Crippen LogP contribution in [0.5, 0.6) is 0 Å². The fourth-order valence-electron chi connectivity index (χ4n) is 2.07. The van der Waals surface area contributed by atoms with Crippen molar-refractivity contribution in [1.82, 2.24) is 5.32 Å². The molecule has 0 atom stereocenters. The molecule has 0 saturated heterocycles. The lowest BCUT2D eigenvalue weighted by Gasteiger charge is -2.12. The molecule has 0 aliphatic carbocycles. The first kappa shape index (κ1) is 15.4. The molecule has 2 aromatic carbocycles. The highest BCUT2D eigenvalue weighted by atomic mass is 35.5. The number of aryl methyl sites for hydroxylation is 1. The number of carbonyl (C=O) groups is 1. The zero-order valence-corrected chi connectivity index (χ0v) is 13.0. The molecule has 0 aliphatic heterocycles. The van der Waals surface area contributed by atoms with E-state index in [1.54, 1.807) is 0 Å². The van der Waals surface area contributed by atoms with Crippen LogP contribution in [0.1, 0.15) is 28.4 Å². The average molecular weight is 303 g/mol. The van der Waals surface area contributed by atoms with Crippen molar-refractivity contribution in [2.45, 2.75) is 20.4 Å². The number of benzene rings is 2. The van der Waals surface area contributed by atoms with Crippen LogP contribution in [0.2, 0.25) is 5.02 Å². The molecule has 2 rings (SSSR count). The predicted octanol–water partition coefficient (Wildman–Crippen LogP) is 4.01. The normalized spacial score (nSPS) is 10.2. The Morgan fingerprint density at radius 3 is 2.52 bits per heavy atom. The molecule has 1 amide bonds. The smallest absolute Gasteiger partial charge is 0.253 e. The molecular formula is C17H19ClN2O. The summed E-state index contributed by atoms with van der Waals surface area (Å²) in [5.41, 5.74) is 3.61.